The molecule has 3 unspecified atom stereocenters. The van der Waals surface area contributed by atoms with Crippen LogP contribution in [0.2, 0.25) is 0 Å². The molecule has 1 aromatic carbocycles. The van der Waals surface area contributed by atoms with Gasteiger partial charge in [-0.2, -0.15) is 0 Å². The molecular formula is C19H31NO. The zero-order chi connectivity index (χ0) is 15.2. The Bertz CT molecular complexity index is 412. The summed E-state index contributed by atoms with van der Waals surface area (Å²) in [4.78, 5) is 0. The summed E-state index contributed by atoms with van der Waals surface area (Å²) in [5.74, 6) is 1.35. The van der Waals surface area contributed by atoms with Gasteiger partial charge in [0.05, 0.1) is 12.1 Å². The van der Waals surface area contributed by atoms with Crippen LogP contribution in [0.15, 0.2) is 24.3 Å². The number of hydrogen-bond acceptors (Lipinski definition) is 2. The van der Waals surface area contributed by atoms with E-state index in [0.29, 0.717) is 24.0 Å². The molecule has 1 aliphatic rings. The fourth-order valence-corrected chi connectivity index (χ4v) is 3.20. The summed E-state index contributed by atoms with van der Waals surface area (Å²) < 4.78 is 6.01. The van der Waals surface area contributed by atoms with Crippen molar-refractivity contribution in [1.29, 1.82) is 0 Å². The van der Waals surface area contributed by atoms with E-state index in [9.17, 15) is 0 Å². The van der Waals surface area contributed by atoms with Gasteiger partial charge >= 0.3 is 0 Å². The lowest BCUT2D eigenvalue weighted by Crippen LogP contribution is -2.35. The third-order valence-electron chi connectivity index (χ3n) is 4.37. The highest BCUT2D eigenvalue weighted by molar-refractivity contribution is 5.26. The Balaban J connectivity index is 2.12. The van der Waals surface area contributed by atoms with Crippen molar-refractivity contribution in [3.63, 3.8) is 0 Å². The normalized spacial score (nSPS) is 23.7. The molecule has 1 heterocycles. The van der Waals surface area contributed by atoms with Crippen molar-refractivity contribution < 1.29 is 4.74 Å². The van der Waals surface area contributed by atoms with Crippen molar-refractivity contribution in [3.8, 4) is 0 Å². The van der Waals surface area contributed by atoms with Gasteiger partial charge in [0.2, 0.25) is 0 Å². The Morgan fingerprint density at radius 1 is 1.24 bits per heavy atom. The molecule has 3 atom stereocenters. The van der Waals surface area contributed by atoms with E-state index in [-0.39, 0.29) is 0 Å². The highest BCUT2D eigenvalue weighted by atomic mass is 16.5. The van der Waals surface area contributed by atoms with Gasteiger partial charge in [0.1, 0.15) is 0 Å². The predicted octanol–water partition coefficient (Wildman–Crippen LogP) is 4.35. The first-order chi connectivity index (χ1) is 10.1. The molecular weight excluding hydrogens is 258 g/mol. The minimum absolute atomic E-state index is 0.312. The maximum absolute atomic E-state index is 6.01. The van der Waals surface area contributed by atoms with Crippen molar-refractivity contribution in [3.05, 3.63) is 35.4 Å². The standard InChI is InChI=1S/C19H31NO/c1-5-11-20-18(19-15(4)10-12-21-19)17-8-6-16(7-9-17)13-14(2)3/h6-9,14-15,18-20H,5,10-13H2,1-4H3. The first kappa shape index (κ1) is 16.5. The van der Waals surface area contributed by atoms with Crippen LogP contribution in [0.1, 0.15) is 57.7 Å². The summed E-state index contributed by atoms with van der Waals surface area (Å²) in [6.45, 7) is 11.0. The highest BCUT2D eigenvalue weighted by Crippen LogP contribution is 2.31. The van der Waals surface area contributed by atoms with Crippen LogP contribution in [-0.2, 0) is 11.2 Å². The van der Waals surface area contributed by atoms with E-state index in [4.69, 9.17) is 4.74 Å². The van der Waals surface area contributed by atoms with Crippen LogP contribution in [0, 0.1) is 11.8 Å². The minimum Gasteiger partial charge on any atom is -0.376 e. The molecule has 1 aliphatic heterocycles. The lowest BCUT2D eigenvalue weighted by atomic mass is 9.91. The fourth-order valence-electron chi connectivity index (χ4n) is 3.20. The van der Waals surface area contributed by atoms with Crippen molar-refractivity contribution in [1.82, 2.24) is 5.32 Å². The average Bonchev–Trinajstić information content (AvgIpc) is 2.87. The van der Waals surface area contributed by atoms with Gasteiger partial charge in [-0.15, -0.1) is 0 Å². The van der Waals surface area contributed by atoms with Gasteiger partial charge < -0.3 is 10.1 Å². The van der Waals surface area contributed by atoms with Crippen LogP contribution in [0.3, 0.4) is 0 Å². The van der Waals surface area contributed by atoms with Crippen LogP contribution in [-0.4, -0.2) is 19.3 Å². The molecule has 1 fully saturated rings. The van der Waals surface area contributed by atoms with Gasteiger partial charge in [-0.25, -0.2) is 0 Å². The van der Waals surface area contributed by atoms with Crippen LogP contribution in [0.5, 0.6) is 0 Å². The number of nitrogens with one attached hydrogen (secondary N) is 1. The van der Waals surface area contributed by atoms with Crippen molar-refractivity contribution >= 4 is 0 Å². The summed E-state index contributed by atoms with van der Waals surface area (Å²) in [6, 6.07) is 9.49. The van der Waals surface area contributed by atoms with E-state index in [1.54, 1.807) is 0 Å². The SMILES string of the molecule is CCCNC(c1ccc(CC(C)C)cc1)C1OCCC1C. The molecule has 2 nitrogen and oxygen atoms in total. The molecule has 1 saturated heterocycles. The van der Waals surface area contributed by atoms with E-state index in [2.05, 4.69) is 57.3 Å². The van der Waals surface area contributed by atoms with Gasteiger partial charge in [-0.1, -0.05) is 52.0 Å². The molecule has 0 radical (unpaired) electrons. The summed E-state index contributed by atoms with van der Waals surface area (Å²) in [5, 5.41) is 3.69. The topological polar surface area (TPSA) is 21.3 Å². The molecule has 2 heteroatoms. The second-order valence-electron chi connectivity index (χ2n) is 6.87. The maximum Gasteiger partial charge on any atom is 0.0795 e. The lowest BCUT2D eigenvalue weighted by Gasteiger charge is -2.28. The Kier molecular flexibility index (Phi) is 6.25. The molecule has 0 aliphatic carbocycles. The summed E-state index contributed by atoms with van der Waals surface area (Å²) in [5.41, 5.74) is 2.80. The third kappa shape index (κ3) is 4.55. The molecule has 1 aromatic rings. The lowest BCUT2D eigenvalue weighted by molar-refractivity contribution is 0.0607. The highest BCUT2D eigenvalue weighted by Gasteiger charge is 2.32. The van der Waals surface area contributed by atoms with Crippen LogP contribution < -0.4 is 5.32 Å². The Morgan fingerprint density at radius 3 is 2.48 bits per heavy atom. The molecule has 0 spiro atoms. The predicted molar refractivity (Wildman–Crippen MR) is 89.5 cm³/mol. The van der Waals surface area contributed by atoms with E-state index in [1.807, 2.05) is 0 Å². The van der Waals surface area contributed by atoms with Gasteiger partial charge in [0, 0.05) is 6.61 Å². The molecule has 0 bridgehead atoms. The van der Waals surface area contributed by atoms with Crippen molar-refractivity contribution in [2.24, 2.45) is 11.8 Å². The quantitative estimate of drug-likeness (QED) is 0.805. The smallest absolute Gasteiger partial charge is 0.0795 e. The first-order valence-electron chi connectivity index (χ1n) is 8.55. The zero-order valence-corrected chi connectivity index (χ0v) is 14.1. The van der Waals surface area contributed by atoms with Crippen LogP contribution in [0.4, 0.5) is 0 Å². The Morgan fingerprint density at radius 2 is 1.95 bits per heavy atom. The average molecular weight is 289 g/mol. The number of benzene rings is 1. The molecule has 118 valence electrons. The van der Waals surface area contributed by atoms with E-state index < -0.39 is 0 Å². The van der Waals surface area contributed by atoms with E-state index >= 15 is 0 Å². The number of rotatable bonds is 7. The molecule has 0 aromatic heterocycles. The number of hydrogen-bond donors (Lipinski definition) is 1. The molecule has 1 N–H and O–H groups in total. The summed E-state index contributed by atoms with van der Waals surface area (Å²) in [6.07, 6.45) is 3.81. The third-order valence-corrected chi connectivity index (χ3v) is 4.37. The summed E-state index contributed by atoms with van der Waals surface area (Å²) >= 11 is 0. The van der Waals surface area contributed by atoms with Crippen LogP contribution >= 0.6 is 0 Å². The molecule has 2 rings (SSSR count). The van der Waals surface area contributed by atoms with Crippen molar-refractivity contribution in [2.45, 2.75) is 59.1 Å². The Hall–Kier alpha value is -0.860. The monoisotopic (exact) mass is 289 g/mol. The van der Waals surface area contributed by atoms with Crippen LogP contribution in [0.25, 0.3) is 0 Å². The first-order valence-corrected chi connectivity index (χ1v) is 8.55. The fraction of sp³-hybridized carbons (Fsp3) is 0.684. The minimum atomic E-state index is 0.312. The van der Waals surface area contributed by atoms with E-state index in [0.717, 1.165) is 26.0 Å². The number of ether oxygens (including phenoxy) is 1. The van der Waals surface area contributed by atoms with Gasteiger partial charge in [0.25, 0.3) is 0 Å². The molecule has 21 heavy (non-hydrogen) atoms. The van der Waals surface area contributed by atoms with Gasteiger partial charge in [-0.05, 0) is 48.8 Å². The Labute approximate surface area is 130 Å². The second kappa shape index (κ2) is 7.95. The van der Waals surface area contributed by atoms with E-state index in [1.165, 1.54) is 17.5 Å². The van der Waals surface area contributed by atoms with Crippen molar-refractivity contribution in [2.75, 3.05) is 13.2 Å². The zero-order valence-electron chi connectivity index (χ0n) is 14.1. The molecule has 0 amide bonds. The largest absolute Gasteiger partial charge is 0.376 e. The summed E-state index contributed by atoms with van der Waals surface area (Å²) in [7, 11) is 0. The van der Waals surface area contributed by atoms with Gasteiger partial charge in [0.15, 0.2) is 0 Å². The molecule has 0 saturated carbocycles. The second-order valence-corrected chi connectivity index (χ2v) is 6.87. The van der Waals surface area contributed by atoms with Gasteiger partial charge in [-0.3, -0.25) is 0 Å². The maximum atomic E-state index is 6.01.